The van der Waals surface area contributed by atoms with Crippen LogP contribution in [0.1, 0.15) is 25.8 Å². The molecule has 3 nitrogen and oxygen atoms in total. The minimum absolute atomic E-state index is 0.600. The SMILES string of the molecule is CCCOc1ccc(CNc2ccc(Cl)cc2Cl)cc1OCC. The Balaban J connectivity index is 2.08. The Labute approximate surface area is 147 Å². The molecule has 0 fully saturated rings. The molecule has 0 aliphatic carbocycles. The van der Waals surface area contributed by atoms with Gasteiger partial charge in [-0.15, -0.1) is 0 Å². The maximum atomic E-state index is 6.17. The number of hydrogen-bond donors (Lipinski definition) is 1. The maximum absolute atomic E-state index is 6.17. The fourth-order valence-corrected chi connectivity index (χ4v) is 2.57. The van der Waals surface area contributed by atoms with E-state index in [-0.39, 0.29) is 0 Å². The van der Waals surface area contributed by atoms with Crippen molar-refractivity contribution in [2.24, 2.45) is 0 Å². The highest BCUT2D eigenvalue weighted by atomic mass is 35.5. The Kier molecular flexibility index (Phi) is 6.87. The fourth-order valence-electron chi connectivity index (χ4n) is 2.09. The summed E-state index contributed by atoms with van der Waals surface area (Å²) >= 11 is 12.1. The van der Waals surface area contributed by atoms with E-state index >= 15 is 0 Å². The van der Waals surface area contributed by atoms with Crippen molar-refractivity contribution in [3.8, 4) is 11.5 Å². The first-order valence-electron chi connectivity index (χ1n) is 7.71. The van der Waals surface area contributed by atoms with Crippen molar-refractivity contribution in [1.82, 2.24) is 0 Å². The standard InChI is InChI=1S/C18H21Cl2NO2/c1-3-9-23-17-8-5-13(10-18(17)22-4-2)12-21-16-7-6-14(19)11-15(16)20/h5-8,10-11,21H,3-4,9,12H2,1-2H3. The lowest BCUT2D eigenvalue weighted by molar-refractivity contribution is 0.276. The molecule has 0 unspecified atom stereocenters. The van der Waals surface area contributed by atoms with Crippen LogP contribution in [0.3, 0.4) is 0 Å². The quantitative estimate of drug-likeness (QED) is 0.651. The summed E-state index contributed by atoms with van der Waals surface area (Å²) in [6, 6.07) is 11.4. The Morgan fingerprint density at radius 3 is 2.48 bits per heavy atom. The molecule has 0 aliphatic rings. The van der Waals surface area contributed by atoms with E-state index in [4.69, 9.17) is 32.7 Å². The van der Waals surface area contributed by atoms with Gasteiger partial charge in [0.15, 0.2) is 11.5 Å². The van der Waals surface area contributed by atoms with E-state index in [0.29, 0.717) is 29.8 Å². The van der Waals surface area contributed by atoms with Gasteiger partial charge in [0.1, 0.15) is 0 Å². The highest BCUT2D eigenvalue weighted by Gasteiger charge is 2.07. The molecule has 0 amide bonds. The molecule has 23 heavy (non-hydrogen) atoms. The van der Waals surface area contributed by atoms with Gasteiger partial charge in [-0.2, -0.15) is 0 Å². The summed E-state index contributed by atoms with van der Waals surface area (Å²) in [7, 11) is 0. The van der Waals surface area contributed by atoms with Crippen LogP contribution in [-0.2, 0) is 6.54 Å². The summed E-state index contributed by atoms with van der Waals surface area (Å²) < 4.78 is 11.4. The Morgan fingerprint density at radius 2 is 1.78 bits per heavy atom. The zero-order valence-electron chi connectivity index (χ0n) is 13.4. The molecule has 1 N–H and O–H groups in total. The molecule has 2 rings (SSSR count). The summed E-state index contributed by atoms with van der Waals surface area (Å²) in [6.45, 7) is 5.95. The van der Waals surface area contributed by atoms with Gasteiger partial charge in [0, 0.05) is 11.6 Å². The molecule has 0 atom stereocenters. The molecule has 0 heterocycles. The lowest BCUT2D eigenvalue weighted by atomic mass is 10.2. The number of rotatable bonds is 8. The van der Waals surface area contributed by atoms with E-state index in [1.165, 1.54) is 0 Å². The molecule has 0 bridgehead atoms. The van der Waals surface area contributed by atoms with Gasteiger partial charge in [-0.25, -0.2) is 0 Å². The van der Waals surface area contributed by atoms with E-state index in [2.05, 4.69) is 12.2 Å². The van der Waals surface area contributed by atoms with E-state index in [0.717, 1.165) is 29.2 Å². The van der Waals surface area contributed by atoms with Crippen molar-refractivity contribution in [3.05, 3.63) is 52.0 Å². The Bertz CT molecular complexity index is 647. The second-order valence-electron chi connectivity index (χ2n) is 5.04. The zero-order valence-corrected chi connectivity index (χ0v) is 14.9. The second kappa shape index (κ2) is 8.90. The van der Waals surface area contributed by atoms with Gasteiger partial charge in [0.25, 0.3) is 0 Å². The third kappa shape index (κ3) is 5.22. The van der Waals surface area contributed by atoms with Crippen molar-refractivity contribution in [2.75, 3.05) is 18.5 Å². The largest absolute Gasteiger partial charge is 0.490 e. The molecular formula is C18H21Cl2NO2. The topological polar surface area (TPSA) is 30.5 Å². The lowest BCUT2D eigenvalue weighted by Crippen LogP contribution is -2.03. The van der Waals surface area contributed by atoms with Gasteiger partial charge >= 0.3 is 0 Å². The fraction of sp³-hybridized carbons (Fsp3) is 0.333. The van der Waals surface area contributed by atoms with E-state index in [1.807, 2.05) is 37.3 Å². The van der Waals surface area contributed by atoms with Crippen LogP contribution >= 0.6 is 23.2 Å². The molecule has 124 valence electrons. The van der Waals surface area contributed by atoms with E-state index < -0.39 is 0 Å². The molecule has 0 radical (unpaired) electrons. The van der Waals surface area contributed by atoms with Gasteiger partial charge in [-0.3, -0.25) is 0 Å². The lowest BCUT2D eigenvalue weighted by Gasteiger charge is -2.14. The normalized spacial score (nSPS) is 10.4. The molecular weight excluding hydrogens is 333 g/mol. The summed E-state index contributed by atoms with van der Waals surface area (Å²) in [5, 5.41) is 4.53. The van der Waals surface area contributed by atoms with Crippen LogP contribution in [0.2, 0.25) is 10.0 Å². The number of nitrogens with one attached hydrogen (secondary N) is 1. The Morgan fingerprint density at radius 1 is 0.957 bits per heavy atom. The minimum Gasteiger partial charge on any atom is -0.490 e. The average molecular weight is 354 g/mol. The van der Waals surface area contributed by atoms with Crippen LogP contribution in [0.5, 0.6) is 11.5 Å². The number of benzene rings is 2. The van der Waals surface area contributed by atoms with Gasteiger partial charge in [-0.1, -0.05) is 36.2 Å². The van der Waals surface area contributed by atoms with E-state index in [9.17, 15) is 0 Å². The van der Waals surface area contributed by atoms with Gasteiger partial charge in [-0.05, 0) is 49.2 Å². The van der Waals surface area contributed by atoms with Crippen LogP contribution in [0, 0.1) is 0 Å². The second-order valence-corrected chi connectivity index (χ2v) is 5.88. The molecule has 2 aromatic carbocycles. The summed E-state index contributed by atoms with van der Waals surface area (Å²) in [6.07, 6.45) is 0.962. The van der Waals surface area contributed by atoms with Crippen molar-refractivity contribution >= 4 is 28.9 Å². The van der Waals surface area contributed by atoms with E-state index in [1.54, 1.807) is 6.07 Å². The van der Waals surface area contributed by atoms with Crippen LogP contribution in [-0.4, -0.2) is 13.2 Å². The van der Waals surface area contributed by atoms with Crippen LogP contribution in [0.15, 0.2) is 36.4 Å². The smallest absolute Gasteiger partial charge is 0.161 e. The summed E-state index contributed by atoms with van der Waals surface area (Å²) in [5.74, 6) is 1.55. The number of ether oxygens (including phenoxy) is 2. The maximum Gasteiger partial charge on any atom is 0.161 e. The predicted molar refractivity (Wildman–Crippen MR) is 97.2 cm³/mol. The highest BCUT2D eigenvalue weighted by molar-refractivity contribution is 6.36. The molecule has 0 saturated carbocycles. The van der Waals surface area contributed by atoms with Gasteiger partial charge < -0.3 is 14.8 Å². The minimum atomic E-state index is 0.600. The predicted octanol–water partition coefficient (Wildman–Crippen LogP) is 5.79. The van der Waals surface area contributed by atoms with Crippen molar-refractivity contribution in [3.63, 3.8) is 0 Å². The van der Waals surface area contributed by atoms with Crippen molar-refractivity contribution in [2.45, 2.75) is 26.8 Å². The van der Waals surface area contributed by atoms with Crippen molar-refractivity contribution < 1.29 is 9.47 Å². The number of anilines is 1. The third-order valence-corrected chi connectivity index (χ3v) is 3.73. The van der Waals surface area contributed by atoms with Gasteiger partial charge in [0.2, 0.25) is 0 Å². The monoisotopic (exact) mass is 353 g/mol. The summed E-state index contributed by atoms with van der Waals surface area (Å²) in [4.78, 5) is 0. The van der Waals surface area contributed by atoms with Crippen molar-refractivity contribution in [1.29, 1.82) is 0 Å². The molecule has 5 heteroatoms. The van der Waals surface area contributed by atoms with Crippen LogP contribution in [0.4, 0.5) is 5.69 Å². The first kappa shape index (κ1) is 17.8. The zero-order chi connectivity index (χ0) is 16.7. The molecule has 0 spiro atoms. The summed E-state index contributed by atoms with van der Waals surface area (Å²) in [5.41, 5.74) is 1.93. The highest BCUT2D eigenvalue weighted by Crippen LogP contribution is 2.30. The first-order valence-corrected chi connectivity index (χ1v) is 8.47. The van der Waals surface area contributed by atoms with Crippen LogP contribution < -0.4 is 14.8 Å². The first-order chi connectivity index (χ1) is 11.1. The van der Waals surface area contributed by atoms with Crippen LogP contribution in [0.25, 0.3) is 0 Å². The molecule has 0 saturated heterocycles. The Hall–Kier alpha value is -1.58. The third-order valence-electron chi connectivity index (χ3n) is 3.18. The molecule has 2 aromatic rings. The number of halogens is 2. The molecule has 0 aromatic heterocycles. The van der Waals surface area contributed by atoms with Gasteiger partial charge in [0.05, 0.1) is 23.9 Å². The molecule has 0 aliphatic heterocycles. The number of hydrogen-bond acceptors (Lipinski definition) is 3. The average Bonchev–Trinajstić information content (AvgIpc) is 2.53.